The van der Waals surface area contributed by atoms with Crippen LogP contribution in [0.2, 0.25) is 0 Å². The van der Waals surface area contributed by atoms with Crippen LogP contribution in [0.4, 0.5) is 5.82 Å². The quantitative estimate of drug-likeness (QED) is 0.350. The van der Waals surface area contributed by atoms with Gasteiger partial charge in [-0.05, 0) is 32.4 Å². The van der Waals surface area contributed by atoms with Crippen molar-refractivity contribution in [3.05, 3.63) is 52.2 Å². The smallest absolute Gasteiger partial charge is 0.150 e. The van der Waals surface area contributed by atoms with E-state index in [0.29, 0.717) is 16.7 Å². The molecule has 0 radical (unpaired) electrons. The van der Waals surface area contributed by atoms with E-state index < -0.39 is 0 Å². The fourth-order valence-corrected chi connectivity index (χ4v) is 2.54. The highest BCUT2D eigenvalue weighted by Gasteiger charge is 2.17. The van der Waals surface area contributed by atoms with Crippen molar-refractivity contribution in [1.82, 2.24) is 4.57 Å². The monoisotopic (exact) mass is 322 g/mol. The molecule has 0 saturated heterocycles. The molecule has 0 saturated carbocycles. The van der Waals surface area contributed by atoms with E-state index in [4.69, 9.17) is 11.1 Å². The molecule has 5 heteroatoms. The molecule has 2 rings (SSSR count). The zero-order valence-corrected chi connectivity index (χ0v) is 14.4. The number of hydrogen-bond acceptors (Lipinski definition) is 3. The molecule has 1 aromatic heterocycles. The fraction of sp³-hybridized carbons (Fsp3) is 0.263. The first kappa shape index (κ1) is 17.4. The average molecular weight is 322 g/mol. The Balaban J connectivity index is 2.59. The van der Waals surface area contributed by atoms with Gasteiger partial charge < -0.3 is 15.6 Å². The van der Waals surface area contributed by atoms with E-state index in [1.807, 2.05) is 23.8 Å². The van der Waals surface area contributed by atoms with Crippen molar-refractivity contribution in [2.45, 2.75) is 26.8 Å². The van der Waals surface area contributed by atoms with E-state index >= 15 is 0 Å². The summed E-state index contributed by atoms with van der Waals surface area (Å²) in [4.78, 5) is 10.9. The minimum atomic E-state index is -0.0265. The Morgan fingerprint density at radius 2 is 2.00 bits per heavy atom. The van der Waals surface area contributed by atoms with Gasteiger partial charge in [0.1, 0.15) is 17.9 Å². The van der Waals surface area contributed by atoms with Gasteiger partial charge in [-0.15, -0.1) is 0 Å². The van der Waals surface area contributed by atoms with Gasteiger partial charge in [-0.1, -0.05) is 24.0 Å². The van der Waals surface area contributed by atoms with Crippen molar-refractivity contribution in [2.24, 2.45) is 5.73 Å². The highest BCUT2D eigenvalue weighted by molar-refractivity contribution is 6.02. The number of anilines is 1. The Hall–Kier alpha value is -3.00. The van der Waals surface area contributed by atoms with Crippen molar-refractivity contribution < 1.29 is 4.79 Å². The SMILES string of the molecule is CNc1c(C(=N)N)c(C#Cc2cc(C=O)ccc2C)cn1C(C)C. The summed E-state index contributed by atoms with van der Waals surface area (Å²) in [6, 6.07) is 5.61. The molecule has 1 aromatic carbocycles. The molecule has 124 valence electrons. The van der Waals surface area contributed by atoms with Crippen molar-refractivity contribution >= 4 is 17.9 Å². The first-order valence-electron chi connectivity index (χ1n) is 7.73. The summed E-state index contributed by atoms with van der Waals surface area (Å²) >= 11 is 0. The summed E-state index contributed by atoms with van der Waals surface area (Å²) in [6.07, 6.45) is 2.71. The summed E-state index contributed by atoms with van der Waals surface area (Å²) in [5, 5.41) is 11.0. The van der Waals surface area contributed by atoms with E-state index in [9.17, 15) is 4.79 Å². The Labute approximate surface area is 142 Å². The Bertz CT molecular complexity index is 850. The largest absolute Gasteiger partial charge is 0.384 e. The van der Waals surface area contributed by atoms with Gasteiger partial charge in [0.2, 0.25) is 0 Å². The number of rotatable bonds is 4. The number of benzene rings is 1. The lowest BCUT2D eigenvalue weighted by Crippen LogP contribution is -2.15. The van der Waals surface area contributed by atoms with Gasteiger partial charge >= 0.3 is 0 Å². The summed E-state index contributed by atoms with van der Waals surface area (Å²) in [6.45, 7) is 6.06. The Kier molecular flexibility index (Phi) is 5.10. The predicted octanol–water partition coefficient (Wildman–Crippen LogP) is 2.92. The number of hydrogen-bond donors (Lipinski definition) is 3. The number of nitrogens with zero attached hydrogens (tertiary/aromatic N) is 1. The number of nitrogen functional groups attached to an aromatic ring is 1. The second-order valence-corrected chi connectivity index (χ2v) is 5.87. The van der Waals surface area contributed by atoms with Crippen LogP contribution in [0, 0.1) is 24.2 Å². The van der Waals surface area contributed by atoms with Crippen LogP contribution in [0.15, 0.2) is 24.4 Å². The van der Waals surface area contributed by atoms with Crippen molar-refractivity contribution in [2.75, 3.05) is 12.4 Å². The molecule has 0 spiro atoms. The van der Waals surface area contributed by atoms with Crippen LogP contribution in [-0.2, 0) is 0 Å². The second-order valence-electron chi connectivity index (χ2n) is 5.87. The first-order chi connectivity index (χ1) is 11.4. The molecule has 1 heterocycles. The number of amidine groups is 1. The van der Waals surface area contributed by atoms with Crippen LogP contribution in [0.3, 0.4) is 0 Å². The number of nitrogens with two attached hydrogens (primary N) is 1. The van der Waals surface area contributed by atoms with E-state index in [1.165, 1.54) is 0 Å². The lowest BCUT2D eigenvalue weighted by molar-refractivity contribution is 0.112. The molecule has 24 heavy (non-hydrogen) atoms. The molecular formula is C19H22N4O. The van der Waals surface area contributed by atoms with Gasteiger partial charge in [0, 0.05) is 30.4 Å². The third-order valence-corrected chi connectivity index (χ3v) is 3.82. The maximum absolute atomic E-state index is 10.9. The van der Waals surface area contributed by atoms with Crippen LogP contribution in [0.1, 0.15) is 52.5 Å². The molecule has 0 bridgehead atoms. The van der Waals surface area contributed by atoms with E-state index in [-0.39, 0.29) is 11.9 Å². The van der Waals surface area contributed by atoms with Gasteiger partial charge in [-0.3, -0.25) is 10.2 Å². The number of nitrogens with one attached hydrogen (secondary N) is 2. The molecule has 0 aliphatic heterocycles. The summed E-state index contributed by atoms with van der Waals surface area (Å²) in [5.41, 5.74) is 9.43. The second kappa shape index (κ2) is 7.05. The van der Waals surface area contributed by atoms with Crippen LogP contribution in [-0.4, -0.2) is 23.7 Å². The highest BCUT2D eigenvalue weighted by atomic mass is 16.1. The van der Waals surface area contributed by atoms with Gasteiger partial charge in [0.25, 0.3) is 0 Å². The van der Waals surface area contributed by atoms with Gasteiger partial charge in [-0.2, -0.15) is 0 Å². The molecular weight excluding hydrogens is 300 g/mol. The number of carbonyl (C=O) groups excluding carboxylic acids is 1. The fourth-order valence-electron chi connectivity index (χ4n) is 2.54. The van der Waals surface area contributed by atoms with Crippen molar-refractivity contribution in [3.8, 4) is 11.8 Å². The third-order valence-electron chi connectivity index (χ3n) is 3.82. The van der Waals surface area contributed by atoms with Gasteiger partial charge in [0.05, 0.1) is 11.1 Å². The summed E-state index contributed by atoms with van der Waals surface area (Å²) in [7, 11) is 1.80. The Morgan fingerprint density at radius 1 is 1.33 bits per heavy atom. The minimum absolute atomic E-state index is 0.0265. The number of aldehydes is 1. The van der Waals surface area contributed by atoms with E-state index in [1.54, 1.807) is 19.2 Å². The maximum Gasteiger partial charge on any atom is 0.150 e. The van der Waals surface area contributed by atoms with Crippen LogP contribution in [0.5, 0.6) is 0 Å². The molecule has 0 aliphatic rings. The number of aromatic nitrogens is 1. The molecule has 0 atom stereocenters. The van der Waals surface area contributed by atoms with Crippen LogP contribution >= 0.6 is 0 Å². The molecule has 4 N–H and O–H groups in total. The van der Waals surface area contributed by atoms with Gasteiger partial charge in [-0.25, -0.2) is 0 Å². The summed E-state index contributed by atoms with van der Waals surface area (Å²) in [5.74, 6) is 6.96. The van der Waals surface area contributed by atoms with Crippen LogP contribution < -0.4 is 11.1 Å². The lowest BCUT2D eigenvalue weighted by atomic mass is 10.1. The molecule has 2 aromatic rings. The van der Waals surface area contributed by atoms with Crippen LogP contribution in [0.25, 0.3) is 0 Å². The minimum Gasteiger partial charge on any atom is -0.384 e. The lowest BCUT2D eigenvalue weighted by Gasteiger charge is -2.13. The molecule has 0 unspecified atom stereocenters. The first-order valence-corrected chi connectivity index (χ1v) is 7.73. The molecule has 5 nitrogen and oxygen atoms in total. The standard InChI is InChI=1S/C19H22N4O/c1-12(2)23-10-16(17(18(20)21)19(23)22-4)8-7-15-9-14(11-24)6-5-13(15)3/h5-6,9-12,22H,1-4H3,(H3,20,21). The highest BCUT2D eigenvalue weighted by Crippen LogP contribution is 2.25. The average Bonchev–Trinajstić information content (AvgIpc) is 2.93. The van der Waals surface area contributed by atoms with Gasteiger partial charge in [0.15, 0.2) is 0 Å². The third kappa shape index (κ3) is 3.33. The topological polar surface area (TPSA) is 83.9 Å². The predicted molar refractivity (Wildman–Crippen MR) is 97.9 cm³/mol. The molecule has 0 amide bonds. The normalized spacial score (nSPS) is 10.2. The summed E-state index contributed by atoms with van der Waals surface area (Å²) < 4.78 is 2.01. The van der Waals surface area contributed by atoms with E-state index in [2.05, 4.69) is 31.0 Å². The van der Waals surface area contributed by atoms with Crippen molar-refractivity contribution in [3.63, 3.8) is 0 Å². The molecule has 0 fully saturated rings. The van der Waals surface area contributed by atoms with Crippen molar-refractivity contribution in [1.29, 1.82) is 5.41 Å². The zero-order valence-electron chi connectivity index (χ0n) is 14.4. The maximum atomic E-state index is 10.9. The zero-order chi connectivity index (χ0) is 17.9. The Morgan fingerprint density at radius 3 is 2.54 bits per heavy atom. The number of aryl methyl sites for hydroxylation is 1. The molecule has 0 aliphatic carbocycles. The number of carbonyl (C=O) groups is 1. The van der Waals surface area contributed by atoms with E-state index in [0.717, 1.165) is 23.2 Å².